The summed E-state index contributed by atoms with van der Waals surface area (Å²) in [6.07, 6.45) is 13.5. The molecule has 3 aliphatic rings. The Labute approximate surface area is 179 Å². The smallest absolute Gasteiger partial charge is 0.230 e. The van der Waals surface area contributed by atoms with Crippen LogP contribution in [0.1, 0.15) is 76.2 Å². The van der Waals surface area contributed by atoms with E-state index in [0.717, 1.165) is 43.3 Å². The molecule has 1 aliphatic carbocycles. The first-order chi connectivity index (χ1) is 14.6. The number of imide groups is 1. The fraction of sp³-hybridized carbons (Fsp3) is 0.680. The molecule has 2 heterocycles. The third-order valence-corrected chi connectivity index (χ3v) is 7.51. The number of anilines is 1. The van der Waals surface area contributed by atoms with Crippen molar-refractivity contribution in [3.05, 3.63) is 29.6 Å². The van der Waals surface area contributed by atoms with Gasteiger partial charge < -0.3 is 4.90 Å². The quantitative estimate of drug-likeness (QED) is 0.667. The minimum Gasteiger partial charge on any atom is -0.369 e. The molecule has 1 saturated carbocycles. The van der Waals surface area contributed by atoms with E-state index in [0.29, 0.717) is 24.9 Å². The van der Waals surface area contributed by atoms with Gasteiger partial charge in [0.2, 0.25) is 11.8 Å². The molecule has 1 N–H and O–H groups in total. The number of nitrogens with one attached hydrogen (secondary N) is 1. The van der Waals surface area contributed by atoms with Crippen molar-refractivity contribution in [3.8, 4) is 0 Å². The third-order valence-electron chi connectivity index (χ3n) is 7.51. The van der Waals surface area contributed by atoms with Crippen molar-refractivity contribution in [2.45, 2.75) is 77.0 Å². The van der Waals surface area contributed by atoms with Gasteiger partial charge in [-0.25, -0.2) is 4.39 Å². The number of rotatable bonds is 6. The van der Waals surface area contributed by atoms with Gasteiger partial charge in [-0.2, -0.15) is 0 Å². The minimum atomic E-state index is -0.243. The van der Waals surface area contributed by atoms with E-state index in [1.165, 1.54) is 44.9 Å². The fourth-order valence-corrected chi connectivity index (χ4v) is 5.56. The van der Waals surface area contributed by atoms with Gasteiger partial charge in [0.25, 0.3) is 0 Å². The average Bonchev–Trinajstić information content (AvgIpc) is 2.76. The van der Waals surface area contributed by atoms with E-state index in [9.17, 15) is 14.0 Å². The van der Waals surface area contributed by atoms with Crippen molar-refractivity contribution in [1.29, 1.82) is 0 Å². The van der Waals surface area contributed by atoms with Crippen LogP contribution in [0.25, 0.3) is 0 Å². The molecule has 0 bridgehead atoms. The fourth-order valence-electron chi connectivity index (χ4n) is 5.56. The Bertz CT molecular complexity index is 752. The number of hydrogen-bond donors (Lipinski definition) is 1. The Kier molecular flexibility index (Phi) is 7.06. The van der Waals surface area contributed by atoms with Gasteiger partial charge in [-0.1, -0.05) is 51.0 Å². The van der Waals surface area contributed by atoms with Crippen molar-refractivity contribution in [2.75, 3.05) is 18.0 Å². The van der Waals surface area contributed by atoms with E-state index in [1.807, 2.05) is 12.1 Å². The molecule has 2 saturated heterocycles. The number of piperidine rings is 2. The summed E-state index contributed by atoms with van der Waals surface area (Å²) in [7, 11) is 0. The van der Waals surface area contributed by atoms with Crippen molar-refractivity contribution in [2.24, 2.45) is 17.8 Å². The molecule has 0 radical (unpaired) electrons. The van der Waals surface area contributed by atoms with Crippen LogP contribution in [-0.2, 0) is 16.0 Å². The molecule has 4 nitrogen and oxygen atoms in total. The van der Waals surface area contributed by atoms with E-state index in [2.05, 4.69) is 10.2 Å². The molecular weight excluding hydrogens is 379 g/mol. The lowest BCUT2D eigenvalue weighted by Crippen LogP contribution is -2.41. The van der Waals surface area contributed by atoms with Crippen LogP contribution in [-0.4, -0.2) is 24.9 Å². The average molecular weight is 415 g/mol. The summed E-state index contributed by atoms with van der Waals surface area (Å²) >= 11 is 0. The summed E-state index contributed by atoms with van der Waals surface area (Å²) in [4.78, 5) is 25.4. The maximum Gasteiger partial charge on any atom is 0.230 e. The second kappa shape index (κ2) is 9.93. The highest BCUT2D eigenvalue weighted by molar-refractivity contribution is 5.98. The van der Waals surface area contributed by atoms with Gasteiger partial charge in [-0.3, -0.25) is 14.9 Å². The zero-order valence-electron chi connectivity index (χ0n) is 18.0. The van der Waals surface area contributed by atoms with Crippen LogP contribution in [0.3, 0.4) is 0 Å². The highest BCUT2D eigenvalue weighted by atomic mass is 19.1. The molecule has 2 aliphatic heterocycles. The Balaban J connectivity index is 1.26. The summed E-state index contributed by atoms with van der Waals surface area (Å²) in [5.74, 6) is 0.864. The second-order valence-electron chi connectivity index (χ2n) is 9.65. The predicted molar refractivity (Wildman–Crippen MR) is 117 cm³/mol. The minimum absolute atomic E-state index is 0.194. The van der Waals surface area contributed by atoms with Crippen molar-refractivity contribution in [3.63, 3.8) is 0 Å². The summed E-state index contributed by atoms with van der Waals surface area (Å²) < 4.78 is 14.8. The first kappa shape index (κ1) is 21.3. The Morgan fingerprint density at radius 2 is 1.63 bits per heavy atom. The summed E-state index contributed by atoms with van der Waals surface area (Å²) in [5.41, 5.74) is 1.51. The zero-order chi connectivity index (χ0) is 20.9. The van der Waals surface area contributed by atoms with Crippen LogP contribution in [0, 0.1) is 23.6 Å². The second-order valence-corrected chi connectivity index (χ2v) is 9.65. The monoisotopic (exact) mass is 414 g/mol. The lowest BCUT2D eigenvalue weighted by molar-refractivity contribution is -0.136. The molecule has 3 fully saturated rings. The van der Waals surface area contributed by atoms with E-state index in [1.54, 1.807) is 6.07 Å². The standard InChI is InChI=1S/C25H35FN2O2/c26-22-17-20(16-21-9-11-24(29)27-25(21)30)8-10-23(22)28-14-12-19(13-15-28)7-6-18-4-2-1-3-5-18/h8,10,17-19,21H,1-7,9,11-16H2,(H,27,29,30). The van der Waals surface area contributed by atoms with E-state index in [-0.39, 0.29) is 23.5 Å². The summed E-state index contributed by atoms with van der Waals surface area (Å²) in [5, 5.41) is 2.38. The number of hydrogen-bond acceptors (Lipinski definition) is 3. The molecule has 1 atom stereocenters. The summed E-state index contributed by atoms with van der Waals surface area (Å²) in [6.45, 7) is 1.86. The van der Waals surface area contributed by atoms with Gasteiger partial charge in [0.15, 0.2) is 0 Å². The van der Waals surface area contributed by atoms with Gasteiger partial charge >= 0.3 is 0 Å². The number of amides is 2. The third kappa shape index (κ3) is 5.41. The zero-order valence-corrected chi connectivity index (χ0v) is 18.0. The van der Waals surface area contributed by atoms with Gasteiger partial charge in [-0.15, -0.1) is 0 Å². The van der Waals surface area contributed by atoms with Gasteiger partial charge in [0.1, 0.15) is 5.82 Å². The van der Waals surface area contributed by atoms with Crippen molar-refractivity contribution in [1.82, 2.24) is 5.32 Å². The number of halogens is 1. The van der Waals surface area contributed by atoms with Crippen LogP contribution in [0.4, 0.5) is 10.1 Å². The molecule has 164 valence electrons. The molecule has 4 rings (SSSR count). The van der Waals surface area contributed by atoms with E-state index >= 15 is 0 Å². The predicted octanol–water partition coefficient (Wildman–Crippen LogP) is 5.00. The molecular formula is C25H35FN2O2. The maximum atomic E-state index is 14.8. The number of carbonyl (C=O) groups is 2. The Morgan fingerprint density at radius 1 is 0.933 bits per heavy atom. The van der Waals surface area contributed by atoms with Crippen LogP contribution in [0.5, 0.6) is 0 Å². The molecule has 1 aromatic carbocycles. The SMILES string of the molecule is O=C1CCC(Cc2ccc(N3CCC(CCC4CCCCC4)CC3)c(F)c2)C(=O)N1. The topological polar surface area (TPSA) is 49.4 Å². The molecule has 5 heteroatoms. The first-order valence-corrected chi connectivity index (χ1v) is 12.0. The first-order valence-electron chi connectivity index (χ1n) is 12.0. The van der Waals surface area contributed by atoms with E-state index in [4.69, 9.17) is 0 Å². The highest BCUT2D eigenvalue weighted by Gasteiger charge is 2.27. The Morgan fingerprint density at radius 3 is 2.30 bits per heavy atom. The van der Waals surface area contributed by atoms with Crippen LogP contribution < -0.4 is 10.2 Å². The van der Waals surface area contributed by atoms with E-state index < -0.39 is 0 Å². The molecule has 1 unspecified atom stereocenters. The maximum absolute atomic E-state index is 14.8. The van der Waals surface area contributed by atoms with Gasteiger partial charge in [-0.05, 0) is 55.2 Å². The Hall–Kier alpha value is -1.91. The molecule has 1 aromatic rings. The van der Waals surface area contributed by atoms with Crippen LogP contribution in [0.2, 0.25) is 0 Å². The largest absolute Gasteiger partial charge is 0.369 e. The highest BCUT2D eigenvalue weighted by Crippen LogP contribution is 2.33. The lowest BCUT2D eigenvalue weighted by Gasteiger charge is -2.34. The van der Waals surface area contributed by atoms with Crippen LogP contribution in [0.15, 0.2) is 18.2 Å². The molecule has 0 aromatic heterocycles. The number of carbonyl (C=O) groups excluding carboxylic acids is 2. The molecule has 2 amide bonds. The molecule has 30 heavy (non-hydrogen) atoms. The number of nitrogens with zero attached hydrogens (tertiary/aromatic N) is 1. The van der Waals surface area contributed by atoms with Crippen molar-refractivity contribution >= 4 is 17.5 Å². The van der Waals surface area contributed by atoms with Gasteiger partial charge in [0.05, 0.1) is 5.69 Å². The summed E-state index contributed by atoms with van der Waals surface area (Å²) in [6, 6.07) is 5.39. The number of benzene rings is 1. The lowest BCUT2D eigenvalue weighted by atomic mass is 9.82. The van der Waals surface area contributed by atoms with Crippen LogP contribution >= 0.6 is 0 Å². The van der Waals surface area contributed by atoms with Gasteiger partial charge in [0, 0.05) is 25.4 Å². The normalized spacial score (nSPS) is 24.2. The van der Waals surface area contributed by atoms with Crippen molar-refractivity contribution < 1.29 is 14.0 Å². The molecule has 0 spiro atoms.